The number of nitrogens with zero attached hydrogens (tertiary/aromatic N) is 1. The molecule has 114 valence electrons. The van der Waals surface area contributed by atoms with Crippen LogP contribution in [0.3, 0.4) is 0 Å². The normalized spacial score (nSPS) is 11.5. The van der Waals surface area contributed by atoms with E-state index in [1.807, 2.05) is 0 Å². The van der Waals surface area contributed by atoms with Crippen LogP contribution in [0.1, 0.15) is 53.4 Å². The van der Waals surface area contributed by atoms with Crippen LogP contribution >= 0.6 is 23.2 Å². The average molecular weight is 318 g/mol. The molecule has 1 rings (SSSR count). The number of hydrogen-bond donors (Lipinski definition) is 2. The van der Waals surface area contributed by atoms with Crippen molar-refractivity contribution in [1.29, 1.82) is 0 Å². The van der Waals surface area contributed by atoms with Crippen LogP contribution in [0.4, 0.5) is 11.6 Å². The molecule has 0 fully saturated rings. The molecule has 0 radical (unpaired) electrons. The van der Waals surface area contributed by atoms with E-state index in [0.717, 1.165) is 32.2 Å². The fourth-order valence-electron chi connectivity index (χ4n) is 2.19. The van der Waals surface area contributed by atoms with Crippen molar-refractivity contribution in [1.82, 2.24) is 4.98 Å². The van der Waals surface area contributed by atoms with Crippen LogP contribution in [0.2, 0.25) is 10.0 Å². The van der Waals surface area contributed by atoms with Crippen molar-refractivity contribution in [3.05, 3.63) is 16.1 Å². The van der Waals surface area contributed by atoms with Crippen molar-refractivity contribution >= 4 is 34.8 Å². The number of hydrogen-bond acceptors (Lipinski definition) is 3. The van der Waals surface area contributed by atoms with Gasteiger partial charge in [-0.2, -0.15) is 0 Å². The topological polar surface area (TPSA) is 37.0 Å². The summed E-state index contributed by atoms with van der Waals surface area (Å²) in [7, 11) is 0. The maximum Gasteiger partial charge on any atom is 0.147 e. The van der Waals surface area contributed by atoms with Crippen molar-refractivity contribution in [2.24, 2.45) is 0 Å². The summed E-state index contributed by atoms with van der Waals surface area (Å²) >= 11 is 12.4. The van der Waals surface area contributed by atoms with E-state index >= 15 is 0 Å². The van der Waals surface area contributed by atoms with Crippen LogP contribution in [0.25, 0.3) is 0 Å². The third-order valence-corrected chi connectivity index (χ3v) is 4.46. The van der Waals surface area contributed by atoms with E-state index in [1.54, 1.807) is 6.07 Å². The molecule has 2 N–H and O–H groups in total. The molecule has 3 nitrogen and oxygen atoms in total. The molecule has 0 amide bonds. The third kappa shape index (κ3) is 4.16. The predicted octanol–water partition coefficient (Wildman–Crippen LogP) is 5.59. The molecule has 0 saturated carbocycles. The van der Waals surface area contributed by atoms with Crippen LogP contribution in [0.15, 0.2) is 6.07 Å². The van der Waals surface area contributed by atoms with E-state index in [-0.39, 0.29) is 5.54 Å². The van der Waals surface area contributed by atoms with E-state index in [2.05, 4.69) is 43.3 Å². The smallest absolute Gasteiger partial charge is 0.147 e. The molecule has 0 saturated heterocycles. The summed E-state index contributed by atoms with van der Waals surface area (Å²) in [6, 6.07) is 1.75. The van der Waals surface area contributed by atoms with Crippen molar-refractivity contribution in [3.63, 3.8) is 0 Å². The van der Waals surface area contributed by atoms with Crippen molar-refractivity contribution < 1.29 is 0 Å². The third-order valence-electron chi connectivity index (χ3n) is 3.89. The van der Waals surface area contributed by atoms with E-state index in [4.69, 9.17) is 23.2 Å². The second kappa shape index (κ2) is 7.94. The molecule has 0 aliphatic carbocycles. The van der Waals surface area contributed by atoms with Crippen LogP contribution in [0.5, 0.6) is 0 Å². The summed E-state index contributed by atoms with van der Waals surface area (Å²) in [5.41, 5.74) is 0.0342. The van der Waals surface area contributed by atoms with Crippen LogP contribution in [-0.2, 0) is 0 Å². The zero-order valence-electron chi connectivity index (χ0n) is 12.8. The standard InChI is InChI=1S/C15H25Cl2N3/c1-5-9-18-13-11(16)10-12(17)14(19-13)20-15(6-2,7-3)8-4/h10H,5-9H2,1-4H3,(H2,18,19,20). The van der Waals surface area contributed by atoms with Crippen molar-refractivity contribution in [2.45, 2.75) is 58.9 Å². The van der Waals surface area contributed by atoms with Gasteiger partial charge in [-0.3, -0.25) is 0 Å². The molecule has 0 atom stereocenters. The first-order valence-corrected chi connectivity index (χ1v) is 8.15. The molecule has 0 unspecified atom stereocenters. The fraction of sp³-hybridized carbons (Fsp3) is 0.667. The van der Waals surface area contributed by atoms with Gasteiger partial charge in [0.2, 0.25) is 0 Å². The molecule has 20 heavy (non-hydrogen) atoms. The second-order valence-electron chi connectivity index (χ2n) is 5.04. The molecule has 5 heteroatoms. The highest BCUT2D eigenvalue weighted by Crippen LogP contribution is 2.33. The van der Waals surface area contributed by atoms with Crippen LogP contribution in [-0.4, -0.2) is 17.1 Å². The Morgan fingerprint density at radius 1 is 1.00 bits per heavy atom. The van der Waals surface area contributed by atoms with E-state index < -0.39 is 0 Å². The van der Waals surface area contributed by atoms with E-state index in [1.165, 1.54) is 0 Å². The van der Waals surface area contributed by atoms with Gasteiger partial charge in [-0.25, -0.2) is 4.98 Å². The lowest BCUT2D eigenvalue weighted by molar-refractivity contribution is 0.419. The Kier molecular flexibility index (Phi) is 6.90. The first-order valence-electron chi connectivity index (χ1n) is 7.40. The van der Waals surface area contributed by atoms with Gasteiger partial charge in [0.25, 0.3) is 0 Å². The Balaban J connectivity index is 3.04. The molecular formula is C15H25Cl2N3. The summed E-state index contributed by atoms with van der Waals surface area (Å²) in [6.45, 7) is 9.49. The average Bonchev–Trinajstić information content (AvgIpc) is 2.46. The van der Waals surface area contributed by atoms with Gasteiger partial charge in [0.1, 0.15) is 11.6 Å². The van der Waals surface area contributed by atoms with Gasteiger partial charge in [-0.05, 0) is 31.7 Å². The lowest BCUT2D eigenvalue weighted by Gasteiger charge is -2.33. The summed E-state index contributed by atoms with van der Waals surface area (Å²) in [4.78, 5) is 4.55. The summed E-state index contributed by atoms with van der Waals surface area (Å²) < 4.78 is 0. The minimum Gasteiger partial charge on any atom is -0.369 e. The fourth-order valence-corrected chi connectivity index (χ4v) is 2.66. The Morgan fingerprint density at radius 2 is 1.55 bits per heavy atom. The highest BCUT2D eigenvalue weighted by atomic mass is 35.5. The van der Waals surface area contributed by atoms with Gasteiger partial charge in [0.15, 0.2) is 0 Å². The van der Waals surface area contributed by atoms with Gasteiger partial charge in [-0.1, -0.05) is 50.9 Å². The quantitative estimate of drug-likeness (QED) is 0.656. The molecule has 0 aliphatic rings. The first-order chi connectivity index (χ1) is 9.51. The zero-order valence-corrected chi connectivity index (χ0v) is 14.3. The van der Waals surface area contributed by atoms with Crippen molar-refractivity contribution in [3.8, 4) is 0 Å². The number of aromatic nitrogens is 1. The Bertz CT molecular complexity index is 423. The largest absolute Gasteiger partial charge is 0.369 e. The Morgan fingerprint density at radius 3 is 2.05 bits per heavy atom. The second-order valence-corrected chi connectivity index (χ2v) is 5.86. The molecule has 0 bridgehead atoms. The summed E-state index contributed by atoms with van der Waals surface area (Å²) in [5.74, 6) is 1.40. The predicted molar refractivity (Wildman–Crippen MR) is 90.3 cm³/mol. The highest BCUT2D eigenvalue weighted by Gasteiger charge is 2.25. The molecule has 1 aromatic heterocycles. The number of anilines is 2. The van der Waals surface area contributed by atoms with Gasteiger partial charge in [-0.15, -0.1) is 0 Å². The SMILES string of the molecule is CCCNc1nc(NC(CC)(CC)CC)c(Cl)cc1Cl. The lowest BCUT2D eigenvalue weighted by Crippen LogP contribution is -2.36. The van der Waals surface area contributed by atoms with Gasteiger partial charge < -0.3 is 10.6 Å². The van der Waals surface area contributed by atoms with Crippen LogP contribution < -0.4 is 10.6 Å². The lowest BCUT2D eigenvalue weighted by atomic mass is 9.90. The van der Waals surface area contributed by atoms with E-state index in [9.17, 15) is 0 Å². The first kappa shape index (κ1) is 17.4. The molecule has 1 heterocycles. The Hall–Kier alpha value is -0.670. The molecule has 0 aromatic carbocycles. The minimum absolute atomic E-state index is 0.0342. The maximum atomic E-state index is 6.28. The molecular weight excluding hydrogens is 293 g/mol. The highest BCUT2D eigenvalue weighted by molar-refractivity contribution is 6.37. The number of halogens is 2. The summed E-state index contributed by atoms with van der Waals surface area (Å²) in [6.07, 6.45) is 4.10. The summed E-state index contributed by atoms with van der Waals surface area (Å²) in [5, 5.41) is 7.87. The van der Waals surface area contributed by atoms with Gasteiger partial charge in [0.05, 0.1) is 10.0 Å². The van der Waals surface area contributed by atoms with E-state index in [0.29, 0.717) is 21.7 Å². The Labute approximate surface area is 132 Å². The maximum absolute atomic E-state index is 6.28. The number of nitrogens with one attached hydrogen (secondary N) is 2. The van der Waals surface area contributed by atoms with Crippen molar-refractivity contribution in [2.75, 3.05) is 17.2 Å². The monoisotopic (exact) mass is 317 g/mol. The number of rotatable bonds is 8. The minimum atomic E-state index is 0.0342. The number of pyridine rings is 1. The molecule has 0 spiro atoms. The van der Waals surface area contributed by atoms with Gasteiger partial charge >= 0.3 is 0 Å². The molecule has 0 aliphatic heterocycles. The molecule has 1 aromatic rings. The van der Waals surface area contributed by atoms with Gasteiger partial charge in [0, 0.05) is 12.1 Å². The van der Waals surface area contributed by atoms with Crippen LogP contribution in [0, 0.1) is 0 Å². The zero-order chi connectivity index (χ0) is 15.2.